The fourth-order valence-electron chi connectivity index (χ4n) is 2.62. The van der Waals surface area contributed by atoms with Gasteiger partial charge in [-0.15, -0.1) is 0 Å². The fourth-order valence-corrected chi connectivity index (χ4v) is 2.90. The topological polar surface area (TPSA) is 73.9 Å². The molecule has 2 aromatic carbocycles. The second-order valence-electron chi connectivity index (χ2n) is 5.71. The van der Waals surface area contributed by atoms with Crippen LogP contribution in [0.1, 0.15) is 22.8 Å². The van der Waals surface area contributed by atoms with E-state index in [2.05, 4.69) is 5.32 Å². The Balaban J connectivity index is 1.82. The normalized spacial score (nSPS) is 12.9. The van der Waals surface area contributed by atoms with Crippen LogP contribution in [0.5, 0.6) is 17.2 Å². The standard InChI is InChI=1S/C20H18ClNO5/c1-3-26-20-14(21)8-12(9-18(20)25-2)4-6-16(23)13-5-7-17-15(10-13)22-19(24)11-27-17/h4-10H,3,11H2,1-2H3,(H,22,24). The highest BCUT2D eigenvalue weighted by Crippen LogP contribution is 2.37. The molecule has 7 heteroatoms. The van der Waals surface area contributed by atoms with Crippen LogP contribution in [0.2, 0.25) is 5.02 Å². The molecule has 1 N–H and O–H groups in total. The van der Waals surface area contributed by atoms with Gasteiger partial charge in [-0.3, -0.25) is 9.59 Å². The number of fused-ring (bicyclic) bond motifs is 1. The number of amides is 1. The van der Waals surface area contributed by atoms with Crippen molar-refractivity contribution < 1.29 is 23.8 Å². The Morgan fingerprint density at radius 1 is 1.33 bits per heavy atom. The summed E-state index contributed by atoms with van der Waals surface area (Å²) in [4.78, 5) is 23.9. The molecule has 140 valence electrons. The number of methoxy groups -OCH3 is 1. The number of carbonyl (C=O) groups excluding carboxylic acids is 2. The third kappa shape index (κ3) is 4.23. The summed E-state index contributed by atoms with van der Waals surface area (Å²) >= 11 is 6.24. The minimum atomic E-state index is -0.251. The monoisotopic (exact) mass is 387 g/mol. The minimum absolute atomic E-state index is 0.0273. The fraction of sp³-hybridized carbons (Fsp3) is 0.200. The summed E-state index contributed by atoms with van der Waals surface area (Å²) in [5.74, 6) is 1.03. The van der Waals surface area contributed by atoms with Gasteiger partial charge in [-0.05, 0) is 48.9 Å². The third-order valence-corrected chi connectivity index (χ3v) is 4.15. The van der Waals surface area contributed by atoms with Gasteiger partial charge in [-0.25, -0.2) is 0 Å². The predicted molar refractivity (Wildman–Crippen MR) is 103 cm³/mol. The Hall–Kier alpha value is -2.99. The average molecular weight is 388 g/mol. The first-order valence-electron chi connectivity index (χ1n) is 8.31. The van der Waals surface area contributed by atoms with Crippen molar-refractivity contribution in [3.63, 3.8) is 0 Å². The molecular weight excluding hydrogens is 370 g/mol. The van der Waals surface area contributed by atoms with Crippen LogP contribution in [0.25, 0.3) is 6.08 Å². The van der Waals surface area contributed by atoms with Crippen LogP contribution in [0.15, 0.2) is 36.4 Å². The summed E-state index contributed by atoms with van der Waals surface area (Å²) in [6, 6.07) is 8.33. The van der Waals surface area contributed by atoms with E-state index in [1.807, 2.05) is 6.92 Å². The molecule has 0 atom stereocenters. The molecule has 6 nitrogen and oxygen atoms in total. The van der Waals surface area contributed by atoms with E-state index in [4.69, 9.17) is 25.8 Å². The van der Waals surface area contributed by atoms with Crippen LogP contribution in [-0.2, 0) is 4.79 Å². The molecule has 0 saturated heterocycles. The van der Waals surface area contributed by atoms with Gasteiger partial charge in [0.1, 0.15) is 5.75 Å². The van der Waals surface area contributed by atoms with E-state index >= 15 is 0 Å². The lowest BCUT2D eigenvalue weighted by molar-refractivity contribution is -0.118. The summed E-state index contributed by atoms with van der Waals surface area (Å²) in [7, 11) is 1.52. The lowest BCUT2D eigenvalue weighted by Crippen LogP contribution is -2.25. The molecule has 1 amide bonds. The van der Waals surface area contributed by atoms with Crippen molar-refractivity contribution in [2.75, 3.05) is 25.6 Å². The highest BCUT2D eigenvalue weighted by atomic mass is 35.5. The molecule has 0 fully saturated rings. The number of allylic oxidation sites excluding steroid dienone is 1. The number of benzene rings is 2. The van der Waals surface area contributed by atoms with Crippen molar-refractivity contribution in [1.82, 2.24) is 0 Å². The maximum atomic E-state index is 12.5. The number of ketones is 1. The van der Waals surface area contributed by atoms with Gasteiger partial charge < -0.3 is 19.5 Å². The van der Waals surface area contributed by atoms with E-state index in [9.17, 15) is 9.59 Å². The first-order valence-corrected chi connectivity index (χ1v) is 8.69. The number of carbonyl (C=O) groups is 2. The van der Waals surface area contributed by atoms with Crippen molar-refractivity contribution in [2.24, 2.45) is 0 Å². The van der Waals surface area contributed by atoms with Crippen LogP contribution in [0, 0.1) is 0 Å². The summed E-state index contributed by atoms with van der Waals surface area (Å²) in [5.41, 5.74) is 1.61. The molecular formula is C20H18ClNO5. The van der Waals surface area contributed by atoms with E-state index < -0.39 is 0 Å². The molecule has 0 radical (unpaired) electrons. The summed E-state index contributed by atoms with van der Waals surface area (Å²) in [6.07, 6.45) is 3.07. The molecule has 0 aliphatic carbocycles. The molecule has 2 aromatic rings. The van der Waals surface area contributed by atoms with Gasteiger partial charge >= 0.3 is 0 Å². The lowest BCUT2D eigenvalue weighted by Gasteiger charge is -2.18. The molecule has 0 spiro atoms. The zero-order valence-corrected chi connectivity index (χ0v) is 15.6. The number of anilines is 1. The second-order valence-corrected chi connectivity index (χ2v) is 6.12. The Bertz CT molecular complexity index is 923. The van der Waals surface area contributed by atoms with Crippen LogP contribution >= 0.6 is 11.6 Å². The number of halogens is 1. The quantitative estimate of drug-likeness (QED) is 0.599. The molecule has 0 saturated carbocycles. The zero-order valence-electron chi connectivity index (χ0n) is 14.9. The molecule has 0 aromatic heterocycles. The lowest BCUT2D eigenvalue weighted by atomic mass is 10.1. The summed E-state index contributed by atoms with van der Waals surface area (Å²) < 4.78 is 16.1. The van der Waals surface area contributed by atoms with Crippen LogP contribution in [0.4, 0.5) is 5.69 Å². The smallest absolute Gasteiger partial charge is 0.262 e. The highest BCUT2D eigenvalue weighted by Gasteiger charge is 2.17. The number of ether oxygens (including phenoxy) is 3. The van der Waals surface area contributed by atoms with Crippen molar-refractivity contribution in [1.29, 1.82) is 0 Å². The third-order valence-electron chi connectivity index (χ3n) is 3.86. The first-order chi connectivity index (χ1) is 13.0. The summed E-state index contributed by atoms with van der Waals surface area (Å²) in [5, 5.41) is 3.08. The average Bonchev–Trinajstić information content (AvgIpc) is 2.67. The van der Waals surface area contributed by atoms with Gasteiger partial charge in [0.25, 0.3) is 5.91 Å². The number of nitrogens with one attached hydrogen (secondary N) is 1. The van der Waals surface area contributed by atoms with Crippen LogP contribution in [-0.4, -0.2) is 32.0 Å². The maximum Gasteiger partial charge on any atom is 0.262 e. The number of hydrogen-bond donors (Lipinski definition) is 1. The molecule has 3 rings (SSSR count). The Morgan fingerprint density at radius 2 is 2.15 bits per heavy atom. The number of rotatable bonds is 6. The van der Waals surface area contributed by atoms with Crippen LogP contribution < -0.4 is 19.5 Å². The van der Waals surface area contributed by atoms with E-state index in [-0.39, 0.29) is 18.3 Å². The zero-order chi connectivity index (χ0) is 19.4. The van der Waals surface area contributed by atoms with Crippen LogP contribution in [0.3, 0.4) is 0 Å². The van der Waals surface area contributed by atoms with Crippen molar-refractivity contribution >= 4 is 35.1 Å². The van der Waals surface area contributed by atoms with Crippen molar-refractivity contribution in [3.05, 3.63) is 52.6 Å². The Morgan fingerprint density at radius 3 is 2.89 bits per heavy atom. The van der Waals surface area contributed by atoms with E-state index in [1.54, 1.807) is 36.4 Å². The molecule has 0 unspecified atom stereocenters. The molecule has 1 aliphatic heterocycles. The van der Waals surface area contributed by atoms with Gasteiger partial charge in [-0.2, -0.15) is 0 Å². The Kier molecular flexibility index (Phi) is 5.66. The molecule has 1 heterocycles. The highest BCUT2D eigenvalue weighted by molar-refractivity contribution is 6.32. The van der Waals surface area contributed by atoms with Gasteiger partial charge in [0.15, 0.2) is 23.9 Å². The predicted octanol–water partition coefficient (Wildman–Crippen LogP) is 3.97. The maximum absolute atomic E-state index is 12.5. The number of hydrogen-bond acceptors (Lipinski definition) is 5. The van der Waals surface area contributed by atoms with E-state index in [0.29, 0.717) is 45.7 Å². The van der Waals surface area contributed by atoms with Gasteiger partial charge in [-0.1, -0.05) is 17.7 Å². The largest absolute Gasteiger partial charge is 0.493 e. The molecule has 1 aliphatic rings. The minimum Gasteiger partial charge on any atom is -0.493 e. The van der Waals surface area contributed by atoms with Gasteiger partial charge in [0, 0.05) is 5.56 Å². The molecule has 0 bridgehead atoms. The first kappa shape index (κ1) is 18.8. The van der Waals surface area contributed by atoms with Crippen molar-refractivity contribution in [2.45, 2.75) is 6.92 Å². The van der Waals surface area contributed by atoms with Gasteiger partial charge in [0.2, 0.25) is 0 Å². The summed E-state index contributed by atoms with van der Waals surface area (Å²) in [6.45, 7) is 2.29. The second kappa shape index (κ2) is 8.14. The SMILES string of the molecule is CCOc1c(Cl)cc(C=CC(=O)c2ccc3c(c2)NC(=O)CO3)cc1OC. The van der Waals surface area contributed by atoms with Crippen molar-refractivity contribution in [3.8, 4) is 17.2 Å². The van der Waals surface area contributed by atoms with E-state index in [1.165, 1.54) is 13.2 Å². The Labute approximate surface area is 161 Å². The van der Waals surface area contributed by atoms with Gasteiger partial charge in [0.05, 0.1) is 24.4 Å². The van der Waals surface area contributed by atoms with E-state index in [0.717, 1.165) is 0 Å². The molecule has 27 heavy (non-hydrogen) atoms.